The Labute approximate surface area is 190 Å². The molecular weight excluding hydrogens is 426 g/mol. The van der Waals surface area contributed by atoms with Gasteiger partial charge in [0.2, 0.25) is 0 Å². The summed E-state index contributed by atoms with van der Waals surface area (Å²) in [4.78, 5) is 30.6. The molecule has 1 aliphatic rings. The number of pyridine rings is 1. The Morgan fingerprint density at radius 1 is 1.25 bits per heavy atom. The maximum absolute atomic E-state index is 12.5. The molecule has 0 spiro atoms. The quantitative estimate of drug-likeness (QED) is 0.263. The zero-order valence-corrected chi connectivity index (χ0v) is 18.6. The second kappa shape index (κ2) is 9.74. The molecule has 7 nitrogen and oxygen atoms in total. The van der Waals surface area contributed by atoms with Gasteiger partial charge in [0.25, 0.3) is 5.91 Å². The lowest BCUT2D eigenvalue weighted by molar-refractivity contribution is 0.0729. The van der Waals surface area contributed by atoms with E-state index in [0.29, 0.717) is 27.7 Å². The molecule has 0 aliphatic heterocycles. The number of carbonyl (C=O) groups is 2. The first kappa shape index (κ1) is 21.7. The summed E-state index contributed by atoms with van der Waals surface area (Å²) in [6.45, 7) is 2.24. The molecule has 32 heavy (non-hydrogen) atoms. The zero-order chi connectivity index (χ0) is 22.5. The lowest BCUT2D eigenvalue weighted by Crippen LogP contribution is -2.16. The van der Waals surface area contributed by atoms with Crippen molar-refractivity contribution in [1.82, 2.24) is 10.4 Å². The third-order valence-corrected chi connectivity index (χ3v) is 6.46. The predicted octanol–water partition coefficient (Wildman–Crippen LogP) is 4.26. The average molecular weight is 450 g/mol. The molecule has 0 fully saturated rings. The van der Waals surface area contributed by atoms with E-state index in [0.717, 1.165) is 12.8 Å². The highest BCUT2D eigenvalue weighted by atomic mass is 32.1. The maximum atomic E-state index is 12.5. The van der Waals surface area contributed by atoms with Crippen LogP contribution in [-0.4, -0.2) is 30.2 Å². The fourth-order valence-corrected chi connectivity index (χ4v) is 4.63. The van der Waals surface area contributed by atoms with Crippen LogP contribution in [-0.2, 0) is 12.8 Å². The lowest BCUT2D eigenvalue weighted by atomic mass is 9.90. The topological polar surface area (TPSA) is 89.9 Å². The van der Waals surface area contributed by atoms with Crippen LogP contribution in [0.15, 0.2) is 53.9 Å². The molecule has 1 aliphatic carbocycles. The minimum absolute atomic E-state index is 0.220. The number of fused-ring (bicyclic) bond motifs is 1. The van der Waals surface area contributed by atoms with Crippen molar-refractivity contribution in [3.8, 4) is 11.5 Å². The first-order valence-electron chi connectivity index (χ1n) is 10.3. The number of ether oxygens (including phenoxy) is 2. The second-order valence-electron chi connectivity index (χ2n) is 7.65. The van der Waals surface area contributed by atoms with Crippen LogP contribution in [0.2, 0.25) is 0 Å². The van der Waals surface area contributed by atoms with E-state index in [2.05, 4.69) is 22.4 Å². The van der Waals surface area contributed by atoms with Crippen molar-refractivity contribution in [2.75, 3.05) is 7.11 Å². The van der Waals surface area contributed by atoms with Crippen molar-refractivity contribution in [2.24, 2.45) is 11.0 Å². The Kier molecular flexibility index (Phi) is 6.61. The summed E-state index contributed by atoms with van der Waals surface area (Å²) in [5.41, 5.74) is 4.89. The van der Waals surface area contributed by atoms with Crippen molar-refractivity contribution >= 4 is 29.4 Å². The van der Waals surface area contributed by atoms with Gasteiger partial charge in [-0.2, -0.15) is 5.10 Å². The number of carbonyl (C=O) groups excluding carboxylic acids is 2. The monoisotopic (exact) mass is 449 g/mol. The van der Waals surface area contributed by atoms with Gasteiger partial charge in [0, 0.05) is 17.3 Å². The Bertz CT molecular complexity index is 1160. The molecule has 4 rings (SSSR count). The van der Waals surface area contributed by atoms with Crippen molar-refractivity contribution in [3.63, 3.8) is 0 Å². The summed E-state index contributed by atoms with van der Waals surface area (Å²) < 4.78 is 10.7. The molecule has 1 unspecified atom stereocenters. The summed E-state index contributed by atoms with van der Waals surface area (Å²) in [6, 6.07) is 10.3. The molecule has 1 aromatic carbocycles. The number of thiophene rings is 1. The Morgan fingerprint density at radius 3 is 2.91 bits per heavy atom. The molecule has 1 N–H and O–H groups in total. The van der Waals surface area contributed by atoms with E-state index in [1.165, 1.54) is 36.4 Å². The highest BCUT2D eigenvalue weighted by Crippen LogP contribution is 2.32. The minimum Gasteiger partial charge on any atom is -0.493 e. The Balaban J connectivity index is 1.40. The van der Waals surface area contributed by atoms with Crippen LogP contribution in [0, 0.1) is 5.92 Å². The third kappa shape index (κ3) is 5.03. The predicted molar refractivity (Wildman–Crippen MR) is 123 cm³/mol. The highest BCUT2D eigenvalue weighted by molar-refractivity contribution is 7.14. The molecule has 3 aromatic rings. The third-order valence-electron chi connectivity index (χ3n) is 5.22. The van der Waals surface area contributed by atoms with Crippen LogP contribution < -0.4 is 14.9 Å². The van der Waals surface area contributed by atoms with Crippen LogP contribution >= 0.6 is 11.3 Å². The number of hydrogen-bond donors (Lipinski definition) is 1. The molecule has 1 amide bonds. The number of rotatable bonds is 6. The molecule has 8 heteroatoms. The average Bonchev–Trinajstić information content (AvgIpc) is 3.23. The first-order valence-corrected chi connectivity index (χ1v) is 11.1. The number of benzene rings is 1. The zero-order valence-electron chi connectivity index (χ0n) is 17.8. The van der Waals surface area contributed by atoms with Gasteiger partial charge < -0.3 is 9.47 Å². The van der Waals surface area contributed by atoms with Gasteiger partial charge in [-0.3, -0.25) is 9.78 Å². The smallest absolute Gasteiger partial charge is 0.345 e. The van der Waals surface area contributed by atoms with Gasteiger partial charge in [-0.05, 0) is 72.7 Å². The highest BCUT2D eigenvalue weighted by Gasteiger charge is 2.20. The van der Waals surface area contributed by atoms with Gasteiger partial charge in [0.1, 0.15) is 0 Å². The number of esters is 1. The standard InChI is InChI=1S/C24H23N3O4S/c1-15-5-8-21-18(10-15)12-22(32-21)23(28)27-26-13-16-6-7-19(20(11-16)30-2)31-24(29)17-4-3-9-25-14-17/h3-4,6-7,9,11-15H,5,8,10H2,1-2H3,(H,27,28)/b26-13+. The summed E-state index contributed by atoms with van der Waals surface area (Å²) in [5, 5.41) is 4.06. The van der Waals surface area contributed by atoms with E-state index in [4.69, 9.17) is 9.47 Å². The molecule has 0 saturated heterocycles. The summed E-state index contributed by atoms with van der Waals surface area (Å²) in [6.07, 6.45) is 7.76. The molecule has 0 saturated carbocycles. The molecule has 2 heterocycles. The number of nitrogens with one attached hydrogen (secondary N) is 1. The fourth-order valence-electron chi connectivity index (χ4n) is 3.53. The van der Waals surface area contributed by atoms with Gasteiger partial charge in [-0.15, -0.1) is 11.3 Å². The van der Waals surface area contributed by atoms with E-state index >= 15 is 0 Å². The number of amides is 1. The van der Waals surface area contributed by atoms with Crippen LogP contribution in [0.3, 0.4) is 0 Å². The maximum Gasteiger partial charge on any atom is 0.345 e. The van der Waals surface area contributed by atoms with Gasteiger partial charge >= 0.3 is 5.97 Å². The summed E-state index contributed by atoms with van der Waals surface area (Å²) in [5.74, 6) is 0.562. The number of aromatic nitrogens is 1. The minimum atomic E-state index is -0.530. The number of hydrogen-bond acceptors (Lipinski definition) is 7. The van der Waals surface area contributed by atoms with Crippen LogP contribution in [0.5, 0.6) is 11.5 Å². The normalized spacial score (nSPS) is 15.2. The number of methoxy groups -OCH3 is 1. The number of nitrogens with zero attached hydrogens (tertiary/aromatic N) is 2. The molecule has 1 atom stereocenters. The van der Waals surface area contributed by atoms with Gasteiger partial charge in [-0.1, -0.05) is 6.92 Å². The van der Waals surface area contributed by atoms with Crippen molar-refractivity contribution in [2.45, 2.75) is 26.2 Å². The second-order valence-corrected chi connectivity index (χ2v) is 8.78. The SMILES string of the molecule is COc1cc(/C=N/NC(=O)c2cc3c(s2)CCC(C)C3)ccc1OC(=O)c1cccnc1. The molecule has 2 aromatic heterocycles. The fraction of sp³-hybridized carbons (Fsp3) is 0.250. The largest absolute Gasteiger partial charge is 0.493 e. The summed E-state index contributed by atoms with van der Waals surface area (Å²) in [7, 11) is 1.48. The van der Waals surface area contributed by atoms with Crippen molar-refractivity contribution in [3.05, 3.63) is 75.2 Å². The van der Waals surface area contributed by atoms with Crippen LogP contribution in [0.25, 0.3) is 0 Å². The molecular formula is C24H23N3O4S. The molecule has 0 radical (unpaired) electrons. The van der Waals surface area contributed by atoms with Gasteiger partial charge in [-0.25, -0.2) is 10.2 Å². The van der Waals surface area contributed by atoms with E-state index in [9.17, 15) is 9.59 Å². The van der Waals surface area contributed by atoms with E-state index in [1.807, 2.05) is 6.07 Å². The van der Waals surface area contributed by atoms with Crippen LogP contribution in [0.1, 0.15) is 49.4 Å². The van der Waals surface area contributed by atoms with Crippen LogP contribution in [0.4, 0.5) is 0 Å². The van der Waals surface area contributed by atoms with Crippen molar-refractivity contribution < 1.29 is 19.1 Å². The van der Waals surface area contributed by atoms with Gasteiger partial charge in [0.05, 0.1) is 23.8 Å². The first-order chi connectivity index (χ1) is 15.5. The van der Waals surface area contributed by atoms with E-state index in [-0.39, 0.29) is 11.7 Å². The number of aryl methyl sites for hydroxylation is 1. The summed E-state index contributed by atoms with van der Waals surface area (Å²) >= 11 is 1.54. The van der Waals surface area contributed by atoms with E-state index in [1.54, 1.807) is 47.9 Å². The Hall–Kier alpha value is -3.52. The van der Waals surface area contributed by atoms with Crippen molar-refractivity contribution in [1.29, 1.82) is 0 Å². The molecule has 0 bridgehead atoms. The Morgan fingerprint density at radius 2 is 2.12 bits per heavy atom. The lowest BCUT2D eigenvalue weighted by Gasteiger charge is -2.16. The molecule has 164 valence electrons. The van der Waals surface area contributed by atoms with Gasteiger partial charge in [0.15, 0.2) is 11.5 Å². The van der Waals surface area contributed by atoms with E-state index < -0.39 is 5.97 Å². The number of hydrazone groups is 1.